The zero-order valence-electron chi connectivity index (χ0n) is 13.8. The Labute approximate surface area is 145 Å². The van der Waals surface area contributed by atoms with Crippen LogP contribution in [0.4, 0.5) is 4.39 Å². The Bertz CT molecular complexity index is 865. The summed E-state index contributed by atoms with van der Waals surface area (Å²) in [5.41, 5.74) is 2.11. The zero-order chi connectivity index (χ0) is 17.6. The van der Waals surface area contributed by atoms with Crippen LogP contribution in [-0.2, 0) is 6.42 Å². The molecule has 5 heteroatoms. The van der Waals surface area contributed by atoms with Crippen LogP contribution in [0, 0.1) is 5.82 Å². The van der Waals surface area contributed by atoms with Gasteiger partial charge in [-0.05, 0) is 30.7 Å². The molecule has 0 aliphatic rings. The van der Waals surface area contributed by atoms with E-state index in [0.717, 1.165) is 17.7 Å². The molecular weight excluding hydrogens is 319 g/mol. The van der Waals surface area contributed by atoms with Gasteiger partial charge < -0.3 is 4.74 Å². The smallest absolute Gasteiger partial charge is 0.217 e. The Hall–Kier alpha value is -3.08. The highest BCUT2D eigenvalue weighted by Crippen LogP contribution is 2.19. The molecule has 0 atom stereocenters. The third-order valence-corrected chi connectivity index (χ3v) is 3.67. The molecule has 0 aliphatic heterocycles. The van der Waals surface area contributed by atoms with E-state index in [4.69, 9.17) is 4.74 Å². The van der Waals surface area contributed by atoms with Crippen LogP contribution in [0.3, 0.4) is 0 Å². The summed E-state index contributed by atoms with van der Waals surface area (Å²) in [6, 6.07) is 16.7. The fraction of sp³-hybridized carbons (Fsp3) is 0.150. The lowest BCUT2D eigenvalue weighted by atomic mass is 10.1. The highest BCUT2D eigenvalue weighted by Gasteiger charge is 2.10. The fourth-order valence-electron chi connectivity index (χ4n) is 2.30. The number of rotatable bonds is 6. The number of hydrogen-bond donors (Lipinski definition) is 0. The summed E-state index contributed by atoms with van der Waals surface area (Å²) in [6.07, 6.45) is 0.727. The minimum absolute atomic E-state index is 0.167. The first-order valence-corrected chi connectivity index (χ1v) is 8.00. The molecule has 0 unspecified atom stereocenters. The quantitative estimate of drug-likeness (QED) is 0.636. The minimum Gasteiger partial charge on any atom is -0.469 e. The maximum absolute atomic E-state index is 12.9. The second kappa shape index (κ2) is 7.66. The molecular formula is C20H17FN2O2. The van der Waals surface area contributed by atoms with E-state index in [1.807, 2.05) is 37.3 Å². The minimum atomic E-state index is -0.381. The fourth-order valence-corrected chi connectivity index (χ4v) is 2.30. The molecule has 126 valence electrons. The number of halogens is 1. The number of nitrogens with zero attached hydrogens (tertiary/aromatic N) is 2. The van der Waals surface area contributed by atoms with E-state index in [1.165, 1.54) is 24.3 Å². The summed E-state index contributed by atoms with van der Waals surface area (Å²) in [6.45, 7) is 1.82. The van der Waals surface area contributed by atoms with Crippen molar-refractivity contribution in [3.63, 3.8) is 0 Å². The molecule has 0 amide bonds. The number of carbonyl (C=O) groups excluding carboxylic acids is 1. The molecule has 4 nitrogen and oxygen atoms in total. The van der Waals surface area contributed by atoms with E-state index in [2.05, 4.69) is 9.97 Å². The number of carbonyl (C=O) groups is 1. The van der Waals surface area contributed by atoms with Crippen molar-refractivity contribution in [2.24, 2.45) is 0 Å². The summed E-state index contributed by atoms with van der Waals surface area (Å²) in [5.74, 6) is 0.289. The van der Waals surface area contributed by atoms with Crippen LogP contribution in [0.15, 0.2) is 60.7 Å². The maximum atomic E-state index is 12.9. The Balaban J connectivity index is 1.78. The molecule has 0 fully saturated rings. The van der Waals surface area contributed by atoms with Gasteiger partial charge >= 0.3 is 0 Å². The van der Waals surface area contributed by atoms with Crippen molar-refractivity contribution in [2.75, 3.05) is 6.61 Å². The van der Waals surface area contributed by atoms with Crippen molar-refractivity contribution >= 4 is 5.78 Å². The Kier molecular flexibility index (Phi) is 5.14. The largest absolute Gasteiger partial charge is 0.469 e. The number of aryl methyl sites for hydroxylation is 1. The zero-order valence-corrected chi connectivity index (χ0v) is 13.8. The number of ketones is 1. The molecule has 3 rings (SSSR count). The predicted octanol–water partition coefficient (Wildman–Crippen LogP) is 4.11. The third-order valence-electron chi connectivity index (χ3n) is 3.67. The van der Waals surface area contributed by atoms with Crippen LogP contribution in [0.1, 0.15) is 23.0 Å². The Morgan fingerprint density at radius 2 is 1.76 bits per heavy atom. The number of hydrogen-bond acceptors (Lipinski definition) is 4. The molecule has 1 aromatic heterocycles. The van der Waals surface area contributed by atoms with Crippen molar-refractivity contribution in [1.82, 2.24) is 9.97 Å². The standard InChI is InChI=1S/C20H17FN2O2/c1-2-17-12-19(23-20(22-17)15-6-4-3-5-7-15)25-13-18(24)14-8-10-16(21)11-9-14/h3-12H,2,13H2,1H3. The molecule has 25 heavy (non-hydrogen) atoms. The van der Waals surface area contributed by atoms with Crippen molar-refractivity contribution in [1.29, 1.82) is 0 Å². The van der Waals surface area contributed by atoms with Gasteiger partial charge in [0.1, 0.15) is 5.82 Å². The molecule has 0 saturated carbocycles. The molecule has 0 aliphatic carbocycles. The second-order valence-electron chi connectivity index (χ2n) is 5.46. The van der Waals surface area contributed by atoms with Gasteiger partial charge in [0.15, 0.2) is 18.2 Å². The van der Waals surface area contributed by atoms with Crippen molar-refractivity contribution in [3.8, 4) is 17.3 Å². The van der Waals surface area contributed by atoms with E-state index in [0.29, 0.717) is 17.3 Å². The van der Waals surface area contributed by atoms with E-state index in [-0.39, 0.29) is 18.2 Å². The summed E-state index contributed by atoms with van der Waals surface area (Å²) < 4.78 is 18.5. The van der Waals surface area contributed by atoms with E-state index >= 15 is 0 Å². The monoisotopic (exact) mass is 336 g/mol. The first-order valence-electron chi connectivity index (χ1n) is 8.00. The van der Waals surface area contributed by atoms with Crippen LogP contribution in [-0.4, -0.2) is 22.4 Å². The first-order chi connectivity index (χ1) is 12.2. The number of Topliss-reactive ketones (excluding diaryl/α,β-unsaturated/α-hetero) is 1. The average Bonchev–Trinajstić information content (AvgIpc) is 2.67. The number of benzene rings is 2. The summed E-state index contributed by atoms with van der Waals surface area (Å²) in [4.78, 5) is 21.0. The molecule has 0 radical (unpaired) electrons. The van der Waals surface area contributed by atoms with Gasteiger partial charge in [0.2, 0.25) is 5.88 Å². The molecule has 0 saturated heterocycles. The first kappa shape index (κ1) is 16.8. The van der Waals surface area contributed by atoms with Gasteiger partial charge in [-0.1, -0.05) is 37.3 Å². The Morgan fingerprint density at radius 1 is 1.04 bits per heavy atom. The van der Waals surface area contributed by atoms with E-state index in [1.54, 1.807) is 6.07 Å². The summed E-state index contributed by atoms with van der Waals surface area (Å²) in [5, 5.41) is 0. The normalized spacial score (nSPS) is 10.5. The molecule has 1 heterocycles. The lowest BCUT2D eigenvalue weighted by molar-refractivity contribution is 0.0918. The van der Waals surface area contributed by atoms with Gasteiger partial charge in [-0.15, -0.1) is 0 Å². The van der Waals surface area contributed by atoms with Gasteiger partial charge in [-0.25, -0.2) is 9.37 Å². The van der Waals surface area contributed by atoms with Crippen LogP contribution in [0.25, 0.3) is 11.4 Å². The SMILES string of the molecule is CCc1cc(OCC(=O)c2ccc(F)cc2)nc(-c2ccccc2)n1. The van der Waals surface area contributed by atoms with Crippen molar-refractivity contribution < 1.29 is 13.9 Å². The highest BCUT2D eigenvalue weighted by atomic mass is 19.1. The predicted molar refractivity (Wildman–Crippen MR) is 93.1 cm³/mol. The number of aromatic nitrogens is 2. The molecule has 3 aromatic rings. The Morgan fingerprint density at radius 3 is 2.44 bits per heavy atom. The highest BCUT2D eigenvalue weighted by molar-refractivity contribution is 5.97. The average molecular weight is 336 g/mol. The van der Waals surface area contributed by atoms with Gasteiger partial charge in [0, 0.05) is 22.9 Å². The molecule has 0 N–H and O–H groups in total. The molecule has 0 spiro atoms. The topological polar surface area (TPSA) is 52.1 Å². The maximum Gasteiger partial charge on any atom is 0.217 e. The van der Waals surface area contributed by atoms with Crippen LogP contribution < -0.4 is 4.74 Å². The van der Waals surface area contributed by atoms with Crippen molar-refractivity contribution in [2.45, 2.75) is 13.3 Å². The second-order valence-corrected chi connectivity index (χ2v) is 5.46. The van der Waals surface area contributed by atoms with Crippen LogP contribution in [0.2, 0.25) is 0 Å². The van der Waals surface area contributed by atoms with Gasteiger partial charge in [0.05, 0.1) is 0 Å². The lowest BCUT2D eigenvalue weighted by Gasteiger charge is -2.09. The summed E-state index contributed by atoms with van der Waals surface area (Å²) in [7, 11) is 0. The van der Waals surface area contributed by atoms with Crippen LogP contribution in [0.5, 0.6) is 5.88 Å². The van der Waals surface area contributed by atoms with Crippen LogP contribution >= 0.6 is 0 Å². The lowest BCUT2D eigenvalue weighted by Crippen LogP contribution is -2.13. The van der Waals surface area contributed by atoms with E-state index in [9.17, 15) is 9.18 Å². The number of ether oxygens (including phenoxy) is 1. The van der Waals surface area contributed by atoms with Gasteiger partial charge in [-0.3, -0.25) is 4.79 Å². The molecule has 2 aromatic carbocycles. The molecule has 0 bridgehead atoms. The van der Waals surface area contributed by atoms with Gasteiger partial charge in [-0.2, -0.15) is 4.98 Å². The summed E-state index contributed by atoms with van der Waals surface area (Å²) >= 11 is 0. The van der Waals surface area contributed by atoms with Crippen molar-refractivity contribution in [3.05, 3.63) is 77.7 Å². The third kappa shape index (κ3) is 4.26. The van der Waals surface area contributed by atoms with Gasteiger partial charge in [0.25, 0.3) is 0 Å². The van der Waals surface area contributed by atoms with E-state index < -0.39 is 0 Å².